The number of nitrogen functional groups attached to an aromatic ring is 1. The minimum absolute atomic E-state index is 0.805. The van der Waals surface area contributed by atoms with Gasteiger partial charge in [-0.15, -0.1) is 11.3 Å². The monoisotopic (exact) mass is 169 g/mol. The van der Waals surface area contributed by atoms with Crippen molar-refractivity contribution in [1.82, 2.24) is 10.9 Å². The first-order chi connectivity index (χ1) is 5.24. The molecule has 1 heterocycles. The first-order valence-electron chi connectivity index (χ1n) is 3.21. The second-order valence-electron chi connectivity index (χ2n) is 2.06. The van der Waals surface area contributed by atoms with Gasteiger partial charge in [0.05, 0.1) is 15.6 Å². The van der Waals surface area contributed by atoms with E-state index < -0.39 is 0 Å². The van der Waals surface area contributed by atoms with E-state index in [-0.39, 0.29) is 0 Å². The Kier molecular flexibility index (Phi) is 2.51. The molecule has 1 aromatic heterocycles. The van der Waals surface area contributed by atoms with E-state index in [0.29, 0.717) is 0 Å². The van der Waals surface area contributed by atoms with Gasteiger partial charge in [-0.05, 0) is 12.1 Å². The van der Waals surface area contributed by atoms with Crippen molar-refractivity contribution < 1.29 is 0 Å². The topological polar surface area (TPSA) is 50.1 Å². The van der Waals surface area contributed by atoms with E-state index in [4.69, 9.17) is 5.73 Å². The van der Waals surface area contributed by atoms with Crippen molar-refractivity contribution in [3.8, 4) is 0 Å². The van der Waals surface area contributed by atoms with Crippen LogP contribution in [0.25, 0.3) is 5.70 Å². The maximum absolute atomic E-state index is 5.54. The van der Waals surface area contributed by atoms with Crippen molar-refractivity contribution in [3.05, 3.63) is 23.6 Å². The number of thiophene rings is 1. The summed E-state index contributed by atoms with van der Waals surface area (Å²) in [5.41, 5.74) is 12.1. The molecule has 0 aliphatic rings. The van der Waals surface area contributed by atoms with Gasteiger partial charge < -0.3 is 11.2 Å². The highest BCUT2D eigenvalue weighted by atomic mass is 32.1. The molecule has 0 amide bonds. The lowest BCUT2D eigenvalue weighted by Gasteiger charge is -2.03. The van der Waals surface area contributed by atoms with E-state index in [1.165, 1.54) is 11.3 Å². The maximum atomic E-state index is 5.54. The van der Waals surface area contributed by atoms with Crippen LogP contribution in [0.1, 0.15) is 4.88 Å². The Balaban J connectivity index is 2.69. The fourth-order valence-electron chi connectivity index (χ4n) is 0.728. The molecule has 0 atom stereocenters. The van der Waals surface area contributed by atoms with Gasteiger partial charge in [-0.1, -0.05) is 6.58 Å². The van der Waals surface area contributed by atoms with Crippen LogP contribution in [0, 0.1) is 0 Å². The second-order valence-corrected chi connectivity index (χ2v) is 3.17. The zero-order chi connectivity index (χ0) is 8.27. The predicted molar refractivity (Wildman–Crippen MR) is 50.0 cm³/mol. The first kappa shape index (κ1) is 8.10. The lowest BCUT2D eigenvalue weighted by atomic mass is 10.4. The summed E-state index contributed by atoms with van der Waals surface area (Å²) in [4.78, 5) is 1.05. The van der Waals surface area contributed by atoms with Gasteiger partial charge in [0, 0.05) is 7.05 Å². The molecule has 0 unspecified atom stereocenters. The molecule has 0 radical (unpaired) electrons. The quantitative estimate of drug-likeness (QED) is 0.592. The van der Waals surface area contributed by atoms with Crippen LogP contribution in [0.4, 0.5) is 5.00 Å². The molecule has 0 aromatic carbocycles. The molecule has 60 valence electrons. The van der Waals surface area contributed by atoms with Gasteiger partial charge in [0.2, 0.25) is 0 Å². The SMILES string of the molecule is C=C(NNC)c1ccc(N)s1. The van der Waals surface area contributed by atoms with E-state index >= 15 is 0 Å². The van der Waals surface area contributed by atoms with Gasteiger partial charge in [-0.25, -0.2) is 5.43 Å². The number of hydrogen-bond acceptors (Lipinski definition) is 4. The maximum Gasteiger partial charge on any atom is 0.0863 e. The largest absolute Gasteiger partial charge is 0.391 e. The summed E-state index contributed by atoms with van der Waals surface area (Å²) in [6.07, 6.45) is 0. The number of nitrogens with one attached hydrogen (secondary N) is 2. The molecule has 4 heteroatoms. The summed E-state index contributed by atoms with van der Waals surface area (Å²) in [5.74, 6) is 0. The van der Waals surface area contributed by atoms with Crippen LogP contribution in [0.2, 0.25) is 0 Å². The summed E-state index contributed by atoms with van der Waals surface area (Å²) in [7, 11) is 1.79. The lowest BCUT2D eigenvalue weighted by Crippen LogP contribution is -2.24. The van der Waals surface area contributed by atoms with E-state index in [1.54, 1.807) is 7.05 Å². The van der Waals surface area contributed by atoms with Crippen molar-refractivity contribution in [3.63, 3.8) is 0 Å². The molecule has 0 aliphatic heterocycles. The number of hydrazine groups is 1. The van der Waals surface area contributed by atoms with Crippen LogP contribution in [0.15, 0.2) is 18.7 Å². The second kappa shape index (κ2) is 3.41. The van der Waals surface area contributed by atoms with Crippen molar-refractivity contribution >= 4 is 22.0 Å². The molecule has 0 saturated carbocycles. The van der Waals surface area contributed by atoms with Gasteiger partial charge in [0.1, 0.15) is 0 Å². The average molecular weight is 169 g/mol. The van der Waals surface area contributed by atoms with Crippen molar-refractivity contribution in [2.45, 2.75) is 0 Å². The van der Waals surface area contributed by atoms with Gasteiger partial charge in [-0.3, -0.25) is 0 Å². The minimum Gasteiger partial charge on any atom is -0.391 e. The number of anilines is 1. The van der Waals surface area contributed by atoms with Crippen LogP contribution in [-0.4, -0.2) is 7.05 Å². The highest BCUT2D eigenvalue weighted by Gasteiger charge is 1.99. The first-order valence-corrected chi connectivity index (χ1v) is 4.03. The molecule has 0 aliphatic carbocycles. The Morgan fingerprint density at radius 2 is 2.36 bits per heavy atom. The summed E-state index contributed by atoms with van der Waals surface area (Å²) < 4.78 is 0. The zero-order valence-corrected chi connectivity index (χ0v) is 7.16. The average Bonchev–Trinajstić information content (AvgIpc) is 2.36. The van der Waals surface area contributed by atoms with Gasteiger partial charge >= 0.3 is 0 Å². The highest BCUT2D eigenvalue weighted by molar-refractivity contribution is 7.16. The number of hydrogen-bond donors (Lipinski definition) is 3. The molecule has 0 saturated heterocycles. The van der Waals surface area contributed by atoms with Crippen LogP contribution in [0.5, 0.6) is 0 Å². The molecule has 0 spiro atoms. The van der Waals surface area contributed by atoms with Crippen LogP contribution in [0.3, 0.4) is 0 Å². The Hall–Kier alpha value is -1.00. The Morgan fingerprint density at radius 3 is 2.82 bits per heavy atom. The molecule has 3 nitrogen and oxygen atoms in total. The fourth-order valence-corrected chi connectivity index (χ4v) is 1.43. The highest BCUT2D eigenvalue weighted by Crippen LogP contribution is 2.22. The molecular formula is C7H11N3S. The van der Waals surface area contributed by atoms with Gasteiger partial charge in [0.15, 0.2) is 0 Å². The summed E-state index contributed by atoms with van der Waals surface area (Å²) in [6, 6.07) is 3.80. The Bertz CT molecular complexity index is 254. The molecule has 0 fully saturated rings. The summed E-state index contributed by atoms with van der Waals surface area (Å²) in [5, 5.41) is 0.805. The molecule has 4 N–H and O–H groups in total. The third-order valence-corrected chi connectivity index (χ3v) is 2.17. The molecule has 0 bridgehead atoms. The van der Waals surface area contributed by atoms with E-state index in [1.807, 2.05) is 12.1 Å². The van der Waals surface area contributed by atoms with Gasteiger partial charge in [-0.2, -0.15) is 0 Å². The van der Waals surface area contributed by atoms with Gasteiger partial charge in [0.25, 0.3) is 0 Å². The smallest absolute Gasteiger partial charge is 0.0863 e. The third kappa shape index (κ3) is 1.96. The summed E-state index contributed by atoms with van der Waals surface area (Å²) in [6.45, 7) is 3.81. The van der Waals surface area contributed by atoms with E-state index in [2.05, 4.69) is 17.4 Å². The van der Waals surface area contributed by atoms with E-state index in [9.17, 15) is 0 Å². The Morgan fingerprint density at radius 1 is 1.64 bits per heavy atom. The van der Waals surface area contributed by atoms with Crippen molar-refractivity contribution in [2.24, 2.45) is 0 Å². The molecule has 1 rings (SSSR count). The standard InChI is InChI=1S/C7H11N3S/c1-5(10-9-2)6-3-4-7(8)11-6/h3-4,9-10H,1,8H2,2H3. The number of nitrogens with two attached hydrogens (primary N) is 1. The molecule has 11 heavy (non-hydrogen) atoms. The van der Waals surface area contributed by atoms with Crippen molar-refractivity contribution in [1.29, 1.82) is 0 Å². The van der Waals surface area contributed by atoms with Crippen molar-refractivity contribution in [2.75, 3.05) is 12.8 Å². The summed E-state index contributed by atoms with van der Waals surface area (Å²) >= 11 is 1.51. The lowest BCUT2D eigenvalue weighted by molar-refractivity contribution is 0.751. The fraction of sp³-hybridized carbons (Fsp3) is 0.143. The zero-order valence-electron chi connectivity index (χ0n) is 6.35. The molecular weight excluding hydrogens is 158 g/mol. The third-order valence-electron chi connectivity index (χ3n) is 1.20. The normalized spacial score (nSPS) is 9.55. The van der Waals surface area contributed by atoms with Crippen LogP contribution in [-0.2, 0) is 0 Å². The van der Waals surface area contributed by atoms with Crippen LogP contribution < -0.4 is 16.6 Å². The molecule has 1 aromatic rings. The minimum atomic E-state index is 0.805. The van der Waals surface area contributed by atoms with E-state index in [0.717, 1.165) is 15.6 Å². The Labute approximate surface area is 69.9 Å². The number of rotatable bonds is 3. The van der Waals surface area contributed by atoms with Crippen LogP contribution >= 0.6 is 11.3 Å². The predicted octanol–water partition coefficient (Wildman–Crippen LogP) is 1.02.